The van der Waals surface area contributed by atoms with Crippen LogP contribution in [0.25, 0.3) is 0 Å². The third-order valence-corrected chi connectivity index (χ3v) is 0.985. The molecule has 42 valence electrons. The summed E-state index contributed by atoms with van der Waals surface area (Å²) in [6.07, 6.45) is 0.0602. The summed E-state index contributed by atoms with van der Waals surface area (Å²) in [6, 6.07) is 0. The van der Waals surface area contributed by atoms with E-state index in [4.69, 9.17) is 10.5 Å². The number of nitrogens with one attached hydrogen (secondary N) is 1. The lowest BCUT2D eigenvalue weighted by Gasteiger charge is -2.00. The van der Waals surface area contributed by atoms with Crippen LogP contribution in [0, 0.1) is 0 Å². The van der Waals surface area contributed by atoms with Gasteiger partial charge in [-0.3, -0.25) is 5.32 Å². The van der Waals surface area contributed by atoms with Crippen molar-refractivity contribution in [2.75, 3.05) is 6.54 Å². The van der Waals surface area contributed by atoms with E-state index in [0.717, 1.165) is 6.54 Å². The van der Waals surface area contributed by atoms with E-state index in [9.17, 15) is 0 Å². The number of rotatable bonds is 0. The van der Waals surface area contributed by atoms with Crippen molar-refractivity contribution in [1.82, 2.24) is 5.32 Å². The van der Waals surface area contributed by atoms with Crippen molar-refractivity contribution in [3.05, 3.63) is 0 Å². The van der Waals surface area contributed by atoms with Gasteiger partial charge in [0.25, 0.3) is 0 Å². The van der Waals surface area contributed by atoms with Gasteiger partial charge in [-0.1, -0.05) is 0 Å². The lowest BCUT2D eigenvalue weighted by atomic mass is 10.6. The summed E-state index contributed by atoms with van der Waals surface area (Å²) in [5.41, 5.74) is 5.34. The van der Waals surface area contributed by atoms with Crippen molar-refractivity contribution < 1.29 is 4.74 Å². The number of hydrogen-bond acceptors (Lipinski definition) is 3. The molecule has 0 radical (unpaired) electrons. The number of hydrogen-bond donors (Lipinski definition) is 2. The van der Waals surface area contributed by atoms with Crippen LogP contribution in [0.2, 0.25) is 0 Å². The molecule has 7 heavy (non-hydrogen) atoms. The predicted octanol–water partition coefficient (Wildman–Crippen LogP) is -0.763. The average molecular weight is 102 g/mol. The molecule has 0 bridgehead atoms. The van der Waals surface area contributed by atoms with Gasteiger partial charge >= 0.3 is 0 Å². The maximum atomic E-state index is 5.34. The molecule has 1 aliphatic heterocycles. The molecule has 2 unspecified atom stereocenters. The van der Waals surface area contributed by atoms with Crippen LogP contribution >= 0.6 is 0 Å². The Morgan fingerprint density at radius 3 is 2.71 bits per heavy atom. The summed E-state index contributed by atoms with van der Waals surface area (Å²) in [6.45, 7) is 2.72. The molecule has 1 rings (SSSR count). The van der Waals surface area contributed by atoms with Crippen molar-refractivity contribution in [1.29, 1.82) is 0 Å². The Balaban J connectivity index is 2.26. The van der Waals surface area contributed by atoms with Crippen molar-refractivity contribution in [2.24, 2.45) is 5.73 Å². The third kappa shape index (κ3) is 1.12. The van der Waals surface area contributed by atoms with E-state index < -0.39 is 0 Å². The Hall–Kier alpha value is -0.120. The fraction of sp³-hybridized carbons (Fsp3) is 1.00. The van der Waals surface area contributed by atoms with E-state index in [1.807, 2.05) is 6.92 Å². The van der Waals surface area contributed by atoms with Gasteiger partial charge in [0.05, 0.1) is 0 Å². The molecule has 3 nitrogen and oxygen atoms in total. The maximum Gasteiger partial charge on any atom is 0.120 e. The van der Waals surface area contributed by atoms with Crippen LogP contribution in [0.5, 0.6) is 0 Å². The fourth-order valence-electron chi connectivity index (χ4n) is 0.641. The molecule has 1 aliphatic rings. The zero-order valence-electron chi connectivity index (χ0n) is 4.35. The van der Waals surface area contributed by atoms with Gasteiger partial charge in [-0.2, -0.15) is 0 Å². The zero-order chi connectivity index (χ0) is 5.28. The lowest BCUT2D eigenvalue weighted by Crippen LogP contribution is -2.23. The van der Waals surface area contributed by atoms with Crippen molar-refractivity contribution in [3.8, 4) is 0 Å². The number of nitrogens with two attached hydrogens (primary N) is 1. The topological polar surface area (TPSA) is 47.3 Å². The summed E-state index contributed by atoms with van der Waals surface area (Å²) in [5.74, 6) is 0. The predicted molar refractivity (Wildman–Crippen MR) is 26.5 cm³/mol. The molecule has 1 fully saturated rings. The van der Waals surface area contributed by atoms with Gasteiger partial charge in [-0.25, -0.2) is 0 Å². The highest BCUT2D eigenvalue weighted by atomic mass is 16.5. The molecule has 1 saturated heterocycles. The van der Waals surface area contributed by atoms with Gasteiger partial charge in [0, 0.05) is 6.54 Å². The second-order valence-electron chi connectivity index (χ2n) is 1.73. The second-order valence-corrected chi connectivity index (χ2v) is 1.73. The van der Waals surface area contributed by atoms with Crippen molar-refractivity contribution >= 4 is 0 Å². The van der Waals surface area contributed by atoms with Gasteiger partial charge in [0.2, 0.25) is 0 Å². The van der Waals surface area contributed by atoms with E-state index in [0.29, 0.717) is 0 Å². The molecule has 0 aromatic rings. The van der Waals surface area contributed by atoms with Gasteiger partial charge in [0.1, 0.15) is 12.5 Å². The minimum atomic E-state index is -0.0880. The van der Waals surface area contributed by atoms with Gasteiger partial charge in [-0.05, 0) is 6.92 Å². The zero-order valence-corrected chi connectivity index (χ0v) is 4.35. The first kappa shape index (κ1) is 5.03. The summed E-state index contributed by atoms with van der Waals surface area (Å²) in [4.78, 5) is 0. The molecular weight excluding hydrogens is 92.1 g/mol. The Morgan fingerprint density at radius 1 is 1.86 bits per heavy atom. The minimum Gasteiger partial charge on any atom is -0.344 e. The summed E-state index contributed by atoms with van der Waals surface area (Å²) >= 11 is 0. The Bertz CT molecular complexity index is 58.7. The summed E-state index contributed by atoms with van der Waals surface area (Å²) in [7, 11) is 0. The molecular formula is C4H10N2O. The standard InChI is InChI=1S/C4H10N2O/c1-3-6-2-4(5)7-3/h3-4,6H,2,5H2,1H3. The molecule has 0 aromatic heterocycles. The maximum absolute atomic E-state index is 5.34. The second kappa shape index (κ2) is 1.78. The SMILES string of the molecule is CC1NCC(N)O1. The molecule has 3 heteroatoms. The molecule has 0 aliphatic carbocycles. The van der Waals surface area contributed by atoms with Crippen LogP contribution in [-0.2, 0) is 4.74 Å². The van der Waals surface area contributed by atoms with E-state index in [2.05, 4.69) is 5.32 Å². The van der Waals surface area contributed by atoms with Crippen LogP contribution in [0.1, 0.15) is 6.92 Å². The van der Waals surface area contributed by atoms with E-state index in [-0.39, 0.29) is 12.5 Å². The Kier molecular flexibility index (Phi) is 1.27. The molecule has 3 N–H and O–H groups in total. The summed E-state index contributed by atoms with van der Waals surface area (Å²) < 4.78 is 5.03. The smallest absolute Gasteiger partial charge is 0.120 e. The van der Waals surface area contributed by atoms with Gasteiger partial charge in [-0.15, -0.1) is 0 Å². The quantitative estimate of drug-likeness (QED) is 0.422. The molecule has 0 amide bonds. The molecule has 0 spiro atoms. The average Bonchev–Trinajstić information content (AvgIpc) is 1.87. The normalized spacial score (nSPS) is 42.0. The largest absolute Gasteiger partial charge is 0.344 e. The molecule has 0 aromatic carbocycles. The molecule has 2 atom stereocenters. The molecule has 0 saturated carbocycles. The lowest BCUT2D eigenvalue weighted by molar-refractivity contribution is 0.0572. The van der Waals surface area contributed by atoms with Crippen molar-refractivity contribution in [2.45, 2.75) is 19.4 Å². The third-order valence-electron chi connectivity index (χ3n) is 0.985. The van der Waals surface area contributed by atoms with Crippen LogP contribution < -0.4 is 11.1 Å². The Morgan fingerprint density at radius 2 is 2.57 bits per heavy atom. The Labute approximate surface area is 42.8 Å². The number of ether oxygens (including phenoxy) is 1. The molecule has 1 heterocycles. The first-order valence-corrected chi connectivity index (χ1v) is 2.43. The minimum absolute atomic E-state index is 0.0880. The first-order valence-electron chi connectivity index (χ1n) is 2.43. The van der Waals surface area contributed by atoms with Gasteiger partial charge in [0.15, 0.2) is 0 Å². The fourth-order valence-corrected chi connectivity index (χ4v) is 0.641. The van der Waals surface area contributed by atoms with E-state index >= 15 is 0 Å². The van der Waals surface area contributed by atoms with Crippen LogP contribution in [0.3, 0.4) is 0 Å². The van der Waals surface area contributed by atoms with Crippen molar-refractivity contribution in [3.63, 3.8) is 0 Å². The highest BCUT2D eigenvalue weighted by Crippen LogP contribution is 1.95. The monoisotopic (exact) mass is 102 g/mol. The van der Waals surface area contributed by atoms with E-state index in [1.165, 1.54) is 0 Å². The highest BCUT2D eigenvalue weighted by molar-refractivity contribution is 4.63. The first-order chi connectivity index (χ1) is 3.29. The van der Waals surface area contributed by atoms with Crippen LogP contribution in [-0.4, -0.2) is 19.0 Å². The van der Waals surface area contributed by atoms with Crippen LogP contribution in [0.15, 0.2) is 0 Å². The van der Waals surface area contributed by atoms with Gasteiger partial charge < -0.3 is 10.5 Å². The van der Waals surface area contributed by atoms with E-state index in [1.54, 1.807) is 0 Å². The van der Waals surface area contributed by atoms with Crippen LogP contribution in [0.4, 0.5) is 0 Å². The summed E-state index contributed by atoms with van der Waals surface area (Å²) in [5, 5.41) is 3.02. The highest BCUT2D eigenvalue weighted by Gasteiger charge is 2.15.